The van der Waals surface area contributed by atoms with E-state index < -0.39 is 16.5 Å². The molecule has 14 heavy (non-hydrogen) atoms. The summed E-state index contributed by atoms with van der Waals surface area (Å²) in [6.45, 7) is 2.47. The molecule has 1 heterocycles. The zero-order valence-corrected chi connectivity index (χ0v) is 11.4. The zero-order valence-electron chi connectivity index (χ0n) is 8.98. The van der Waals surface area contributed by atoms with Crippen molar-refractivity contribution in [3.8, 4) is 0 Å². The van der Waals surface area contributed by atoms with E-state index in [1.54, 1.807) is 4.12 Å². The van der Waals surface area contributed by atoms with Gasteiger partial charge in [-0.05, 0) is 0 Å². The molecular formula is C11H17GaN2. The predicted molar refractivity (Wildman–Crippen MR) is 62.0 cm³/mol. The van der Waals surface area contributed by atoms with Gasteiger partial charge in [-0.25, -0.2) is 0 Å². The number of nitrogens with zero attached hydrogens (tertiary/aromatic N) is 2. The summed E-state index contributed by atoms with van der Waals surface area (Å²) in [5.41, 5.74) is 0. The quantitative estimate of drug-likeness (QED) is 0.658. The second kappa shape index (κ2) is 4.53. The number of benzene rings is 1. The molecule has 0 aromatic heterocycles. The van der Waals surface area contributed by atoms with Crippen LogP contribution in [-0.4, -0.2) is 57.2 Å². The molecule has 0 amide bonds. The Morgan fingerprint density at radius 2 is 1.79 bits per heavy atom. The first-order valence-electron chi connectivity index (χ1n) is 5.21. The second-order valence-electron chi connectivity index (χ2n) is 4.17. The summed E-state index contributed by atoms with van der Waals surface area (Å²) in [5.74, 6) is 0. The van der Waals surface area contributed by atoms with Crippen molar-refractivity contribution in [3.63, 3.8) is 0 Å². The summed E-state index contributed by atoms with van der Waals surface area (Å²) in [6.07, 6.45) is 0. The van der Waals surface area contributed by atoms with Crippen molar-refractivity contribution in [2.75, 3.05) is 32.3 Å². The Balaban J connectivity index is 2.16. The van der Waals surface area contributed by atoms with Crippen LogP contribution in [0.25, 0.3) is 0 Å². The molecule has 3 heteroatoms. The van der Waals surface area contributed by atoms with E-state index in [1.165, 1.54) is 18.2 Å². The molecule has 2 rings (SSSR count). The summed E-state index contributed by atoms with van der Waals surface area (Å²) in [7, 11) is 4.54. The summed E-state index contributed by atoms with van der Waals surface area (Å²) < 4.78 is 4.25. The molecule has 0 radical (unpaired) electrons. The van der Waals surface area contributed by atoms with E-state index in [0.29, 0.717) is 0 Å². The second-order valence-corrected chi connectivity index (χ2v) is 10.3. The molecular weight excluding hydrogens is 230 g/mol. The predicted octanol–water partition coefficient (Wildman–Crippen LogP) is 0.301. The van der Waals surface area contributed by atoms with Gasteiger partial charge in [0.15, 0.2) is 0 Å². The van der Waals surface area contributed by atoms with Crippen LogP contribution in [0.2, 0.25) is 0 Å². The summed E-state index contributed by atoms with van der Waals surface area (Å²) in [4.78, 5) is 2.48. The normalized spacial score (nSPS) is 20.0. The first-order valence-corrected chi connectivity index (χ1v) is 9.22. The van der Waals surface area contributed by atoms with Crippen LogP contribution in [0.1, 0.15) is 0 Å². The Morgan fingerprint density at radius 3 is 2.50 bits per heavy atom. The van der Waals surface area contributed by atoms with Crippen LogP contribution in [0.3, 0.4) is 0 Å². The molecule has 1 aliphatic rings. The molecule has 0 saturated carbocycles. The van der Waals surface area contributed by atoms with Crippen molar-refractivity contribution in [3.05, 3.63) is 30.3 Å². The third-order valence-corrected chi connectivity index (χ3v) is 10.3. The minimum atomic E-state index is -1.38. The molecule has 1 saturated heterocycles. The van der Waals surface area contributed by atoms with Crippen molar-refractivity contribution in [1.82, 2.24) is 8.51 Å². The van der Waals surface area contributed by atoms with Gasteiger partial charge < -0.3 is 0 Å². The van der Waals surface area contributed by atoms with Gasteiger partial charge in [-0.3, -0.25) is 0 Å². The van der Waals surface area contributed by atoms with Crippen LogP contribution >= 0.6 is 0 Å². The Kier molecular flexibility index (Phi) is 3.33. The molecule has 1 fully saturated rings. The fourth-order valence-corrected chi connectivity index (χ4v) is 8.06. The van der Waals surface area contributed by atoms with Crippen molar-refractivity contribution in [2.45, 2.75) is 0 Å². The van der Waals surface area contributed by atoms with Crippen molar-refractivity contribution in [1.29, 1.82) is 0 Å². The van der Waals surface area contributed by atoms with Crippen LogP contribution in [0, 0.1) is 0 Å². The Morgan fingerprint density at radius 1 is 1.07 bits per heavy atom. The third kappa shape index (κ3) is 2.23. The van der Waals surface area contributed by atoms with Crippen LogP contribution in [0.15, 0.2) is 30.3 Å². The van der Waals surface area contributed by atoms with Gasteiger partial charge in [0.05, 0.1) is 0 Å². The molecule has 0 atom stereocenters. The number of hydrogen-bond donors (Lipinski definition) is 0. The van der Waals surface area contributed by atoms with Gasteiger partial charge in [-0.1, -0.05) is 0 Å². The van der Waals surface area contributed by atoms with E-state index in [4.69, 9.17) is 0 Å². The zero-order chi connectivity index (χ0) is 9.97. The standard InChI is InChI=1S/C6H5.C5H12N2.Ga/c1-2-4-6-5-3-1;1-6-4-5-7(2)3;/h1-5H;2,4-5H2,1,3H3;/q;-1;+1. The van der Waals surface area contributed by atoms with E-state index in [9.17, 15) is 0 Å². The van der Waals surface area contributed by atoms with Crippen LogP contribution < -0.4 is 4.12 Å². The molecule has 0 spiro atoms. The van der Waals surface area contributed by atoms with Crippen LogP contribution in [0.4, 0.5) is 0 Å². The van der Waals surface area contributed by atoms with E-state index in [-0.39, 0.29) is 0 Å². The first kappa shape index (κ1) is 10.3. The molecule has 1 aliphatic heterocycles. The summed E-state index contributed by atoms with van der Waals surface area (Å²) in [6, 6.07) is 11.1. The van der Waals surface area contributed by atoms with E-state index >= 15 is 0 Å². The van der Waals surface area contributed by atoms with Gasteiger partial charge in [0.2, 0.25) is 0 Å². The first-order chi connectivity index (χ1) is 6.77. The molecule has 2 nitrogen and oxygen atoms in total. The van der Waals surface area contributed by atoms with Gasteiger partial charge in [0.25, 0.3) is 0 Å². The minimum absolute atomic E-state index is 1.23. The monoisotopic (exact) mass is 246 g/mol. The van der Waals surface area contributed by atoms with Gasteiger partial charge in [0.1, 0.15) is 0 Å². The van der Waals surface area contributed by atoms with Crippen molar-refractivity contribution in [2.24, 2.45) is 0 Å². The van der Waals surface area contributed by atoms with Crippen molar-refractivity contribution < 1.29 is 0 Å². The van der Waals surface area contributed by atoms with Gasteiger partial charge in [-0.15, -0.1) is 0 Å². The van der Waals surface area contributed by atoms with Gasteiger partial charge in [0, 0.05) is 0 Å². The van der Waals surface area contributed by atoms with Crippen molar-refractivity contribution >= 4 is 20.6 Å². The molecule has 1 aromatic carbocycles. The Labute approximate surface area is 91.8 Å². The number of likely N-dealkylation sites (N-methyl/N-ethyl adjacent to an activating group) is 2. The summed E-state index contributed by atoms with van der Waals surface area (Å²) >= 11 is -1.38. The van der Waals surface area contributed by atoms with Crippen LogP contribution in [-0.2, 0) is 0 Å². The maximum atomic E-state index is 2.63. The maximum absolute atomic E-state index is 2.63. The fourth-order valence-electron chi connectivity index (χ4n) is 2.05. The van der Waals surface area contributed by atoms with E-state index in [1.807, 2.05) is 0 Å². The third-order valence-electron chi connectivity index (χ3n) is 3.04. The molecule has 1 aromatic rings. The SMILES string of the molecule is CN1CC[N](C)[Ga]([c]2ccccc2)[CH2]1. The van der Waals surface area contributed by atoms with Gasteiger partial charge in [-0.2, -0.15) is 0 Å². The van der Waals surface area contributed by atoms with Gasteiger partial charge >= 0.3 is 91.7 Å². The average Bonchev–Trinajstić information content (AvgIpc) is 2.23. The summed E-state index contributed by atoms with van der Waals surface area (Å²) in [5, 5.41) is 1.33. The van der Waals surface area contributed by atoms with E-state index in [0.717, 1.165) is 0 Å². The molecule has 74 valence electrons. The topological polar surface area (TPSA) is 6.48 Å². The molecule has 0 unspecified atom stereocenters. The fraction of sp³-hybridized carbons (Fsp3) is 0.455. The average molecular weight is 247 g/mol. The van der Waals surface area contributed by atoms with E-state index in [2.05, 4.69) is 52.9 Å². The molecule has 0 N–H and O–H groups in total. The molecule has 0 aliphatic carbocycles. The number of hydrogen-bond acceptors (Lipinski definition) is 2. The van der Waals surface area contributed by atoms with Crippen LogP contribution in [0.5, 0.6) is 0 Å². The molecule has 0 bridgehead atoms. The number of rotatable bonds is 1. The Bertz CT molecular complexity index is 289. The Hall–Kier alpha value is -0.224.